The van der Waals surface area contributed by atoms with Crippen molar-refractivity contribution in [3.8, 4) is 0 Å². The zero-order valence-electron chi connectivity index (χ0n) is 11.9. The van der Waals surface area contributed by atoms with Gasteiger partial charge in [0.05, 0.1) is 6.04 Å². The van der Waals surface area contributed by atoms with E-state index in [1.54, 1.807) is 0 Å². The molecule has 0 saturated heterocycles. The van der Waals surface area contributed by atoms with Gasteiger partial charge in [0.15, 0.2) is 0 Å². The Kier molecular flexibility index (Phi) is 3.61. The van der Waals surface area contributed by atoms with Crippen LogP contribution >= 0.6 is 0 Å². The molecule has 2 heteroatoms. The maximum absolute atomic E-state index is 5.91. The Morgan fingerprint density at radius 2 is 2.05 bits per heavy atom. The Bertz CT molecular complexity index is 508. The maximum atomic E-state index is 5.91. The first-order chi connectivity index (χ1) is 9.22. The summed E-state index contributed by atoms with van der Waals surface area (Å²) in [4.78, 5) is 0. The average molecular weight is 257 g/mol. The first-order valence-corrected chi connectivity index (χ1v) is 7.47. The normalized spacial score (nSPS) is 19.3. The van der Waals surface area contributed by atoms with E-state index >= 15 is 0 Å². The predicted molar refractivity (Wildman–Crippen MR) is 79.2 cm³/mol. The maximum Gasteiger partial charge on any atom is 0.134 e. The highest BCUT2D eigenvalue weighted by atomic mass is 16.3. The molecule has 1 N–H and O–H groups in total. The summed E-state index contributed by atoms with van der Waals surface area (Å²) in [5.74, 6) is 1.99. The highest BCUT2D eigenvalue weighted by Crippen LogP contribution is 2.31. The zero-order valence-corrected chi connectivity index (χ0v) is 11.9. The summed E-state index contributed by atoms with van der Waals surface area (Å²) < 4.78 is 5.91. The van der Waals surface area contributed by atoms with E-state index < -0.39 is 0 Å². The molecule has 2 nitrogen and oxygen atoms in total. The Morgan fingerprint density at radius 1 is 1.26 bits per heavy atom. The SMILES string of the molecule is CC(CC1CCC1)NC(C)c1cc2ccccc2o1. The van der Waals surface area contributed by atoms with E-state index in [1.807, 2.05) is 12.1 Å². The van der Waals surface area contributed by atoms with Gasteiger partial charge in [-0.1, -0.05) is 37.5 Å². The van der Waals surface area contributed by atoms with Crippen LogP contribution in [0.25, 0.3) is 11.0 Å². The van der Waals surface area contributed by atoms with E-state index in [2.05, 4.69) is 37.4 Å². The third-order valence-corrected chi connectivity index (χ3v) is 4.32. The van der Waals surface area contributed by atoms with E-state index in [4.69, 9.17) is 4.42 Å². The topological polar surface area (TPSA) is 25.2 Å². The van der Waals surface area contributed by atoms with Crippen molar-refractivity contribution in [2.75, 3.05) is 0 Å². The van der Waals surface area contributed by atoms with Crippen molar-refractivity contribution in [3.05, 3.63) is 36.1 Å². The molecule has 2 unspecified atom stereocenters. The molecule has 1 aromatic heterocycles. The fourth-order valence-corrected chi connectivity index (χ4v) is 3.02. The summed E-state index contributed by atoms with van der Waals surface area (Å²) in [7, 11) is 0. The number of hydrogen-bond donors (Lipinski definition) is 1. The van der Waals surface area contributed by atoms with Crippen LogP contribution in [0.3, 0.4) is 0 Å². The lowest BCUT2D eigenvalue weighted by atomic mass is 9.81. The molecular weight excluding hydrogens is 234 g/mol. The molecule has 2 atom stereocenters. The van der Waals surface area contributed by atoms with Crippen molar-refractivity contribution in [1.82, 2.24) is 5.32 Å². The van der Waals surface area contributed by atoms with Crippen molar-refractivity contribution in [2.24, 2.45) is 5.92 Å². The fourth-order valence-electron chi connectivity index (χ4n) is 3.02. The van der Waals surface area contributed by atoms with Gasteiger partial charge in [0.25, 0.3) is 0 Å². The van der Waals surface area contributed by atoms with E-state index in [0.29, 0.717) is 6.04 Å². The number of hydrogen-bond acceptors (Lipinski definition) is 2. The number of para-hydroxylation sites is 1. The number of rotatable bonds is 5. The molecule has 1 aliphatic rings. The molecule has 1 aliphatic carbocycles. The van der Waals surface area contributed by atoms with E-state index in [1.165, 1.54) is 31.1 Å². The van der Waals surface area contributed by atoms with Gasteiger partial charge in [-0.2, -0.15) is 0 Å². The first-order valence-electron chi connectivity index (χ1n) is 7.47. The summed E-state index contributed by atoms with van der Waals surface area (Å²) in [5, 5.41) is 4.85. The first kappa shape index (κ1) is 12.7. The molecule has 0 amide bonds. The van der Waals surface area contributed by atoms with Crippen LogP contribution in [-0.2, 0) is 0 Å². The third kappa shape index (κ3) is 2.84. The number of furan rings is 1. The monoisotopic (exact) mass is 257 g/mol. The lowest BCUT2D eigenvalue weighted by molar-refractivity contribution is 0.256. The van der Waals surface area contributed by atoms with Gasteiger partial charge in [0, 0.05) is 11.4 Å². The van der Waals surface area contributed by atoms with Crippen molar-refractivity contribution >= 4 is 11.0 Å². The molecule has 1 aromatic carbocycles. The van der Waals surface area contributed by atoms with Crippen LogP contribution in [0.4, 0.5) is 0 Å². The Labute approximate surface area is 115 Å². The summed E-state index contributed by atoms with van der Waals surface area (Å²) in [5.41, 5.74) is 0.984. The summed E-state index contributed by atoms with van der Waals surface area (Å²) in [6.07, 6.45) is 5.57. The van der Waals surface area contributed by atoms with Gasteiger partial charge in [-0.25, -0.2) is 0 Å². The van der Waals surface area contributed by atoms with Crippen molar-refractivity contribution in [3.63, 3.8) is 0 Å². The molecule has 3 rings (SSSR count). The minimum Gasteiger partial charge on any atom is -0.459 e. The van der Waals surface area contributed by atoms with Gasteiger partial charge in [0.2, 0.25) is 0 Å². The summed E-state index contributed by atoms with van der Waals surface area (Å²) >= 11 is 0. The lowest BCUT2D eigenvalue weighted by Gasteiger charge is -2.29. The second kappa shape index (κ2) is 5.38. The molecule has 2 aromatic rings. The summed E-state index contributed by atoms with van der Waals surface area (Å²) in [6, 6.07) is 11.2. The van der Waals surface area contributed by atoms with Gasteiger partial charge < -0.3 is 9.73 Å². The quantitative estimate of drug-likeness (QED) is 0.842. The van der Waals surface area contributed by atoms with Gasteiger partial charge >= 0.3 is 0 Å². The van der Waals surface area contributed by atoms with Crippen LogP contribution in [0, 0.1) is 5.92 Å². The van der Waals surface area contributed by atoms with Gasteiger partial charge in [-0.15, -0.1) is 0 Å². The predicted octanol–water partition coefficient (Wildman–Crippen LogP) is 4.66. The Hall–Kier alpha value is -1.28. The molecule has 1 fully saturated rings. The van der Waals surface area contributed by atoms with Gasteiger partial charge in [-0.05, 0) is 38.3 Å². The average Bonchev–Trinajstić information content (AvgIpc) is 2.77. The molecule has 0 aliphatic heterocycles. The fraction of sp³-hybridized carbons (Fsp3) is 0.529. The molecular formula is C17H23NO. The molecule has 102 valence electrons. The van der Waals surface area contributed by atoms with Crippen molar-refractivity contribution in [2.45, 2.75) is 51.6 Å². The highest BCUT2D eigenvalue weighted by molar-refractivity contribution is 5.77. The number of nitrogens with one attached hydrogen (secondary N) is 1. The van der Waals surface area contributed by atoms with Gasteiger partial charge in [0.1, 0.15) is 11.3 Å². The second-order valence-corrected chi connectivity index (χ2v) is 6.01. The zero-order chi connectivity index (χ0) is 13.2. The Morgan fingerprint density at radius 3 is 2.74 bits per heavy atom. The second-order valence-electron chi connectivity index (χ2n) is 6.01. The molecule has 0 bridgehead atoms. The van der Waals surface area contributed by atoms with Crippen LogP contribution < -0.4 is 5.32 Å². The lowest BCUT2D eigenvalue weighted by Crippen LogP contribution is -2.32. The van der Waals surface area contributed by atoms with Crippen LogP contribution in [-0.4, -0.2) is 6.04 Å². The van der Waals surface area contributed by atoms with E-state index in [0.717, 1.165) is 17.3 Å². The van der Waals surface area contributed by atoms with Crippen molar-refractivity contribution < 1.29 is 4.42 Å². The molecule has 0 radical (unpaired) electrons. The smallest absolute Gasteiger partial charge is 0.134 e. The van der Waals surface area contributed by atoms with Crippen LogP contribution in [0.1, 0.15) is 51.3 Å². The minimum atomic E-state index is 0.280. The largest absolute Gasteiger partial charge is 0.459 e. The number of benzene rings is 1. The van der Waals surface area contributed by atoms with Crippen LogP contribution in [0.2, 0.25) is 0 Å². The minimum absolute atomic E-state index is 0.280. The Balaban J connectivity index is 1.63. The highest BCUT2D eigenvalue weighted by Gasteiger charge is 2.21. The summed E-state index contributed by atoms with van der Waals surface area (Å²) in [6.45, 7) is 4.48. The molecule has 0 spiro atoms. The van der Waals surface area contributed by atoms with Crippen molar-refractivity contribution in [1.29, 1.82) is 0 Å². The van der Waals surface area contributed by atoms with E-state index in [9.17, 15) is 0 Å². The van der Waals surface area contributed by atoms with E-state index in [-0.39, 0.29) is 6.04 Å². The molecule has 1 heterocycles. The third-order valence-electron chi connectivity index (χ3n) is 4.32. The molecule has 1 saturated carbocycles. The van der Waals surface area contributed by atoms with Gasteiger partial charge in [-0.3, -0.25) is 0 Å². The number of fused-ring (bicyclic) bond motifs is 1. The van der Waals surface area contributed by atoms with Crippen LogP contribution in [0.5, 0.6) is 0 Å². The van der Waals surface area contributed by atoms with Crippen LogP contribution in [0.15, 0.2) is 34.7 Å². The molecule has 19 heavy (non-hydrogen) atoms. The standard InChI is InChI=1S/C17H23NO/c1-12(10-14-6-5-7-14)18-13(2)17-11-15-8-3-4-9-16(15)19-17/h3-4,8-9,11-14,18H,5-7,10H2,1-2H3.